The second kappa shape index (κ2) is 11.7. The monoisotopic (exact) mass is 557 g/mol. The van der Waals surface area contributed by atoms with Gasteiger partial charge in [0.05, 0.1) is 5.56 Å². The Labute approximate surface area is 233 Å². The number of fused-ring (bicyclic) bond motifs is 1. The van der Waals surface area contributed by atoms with Gasteiger partial charge in [0.2, 0.25) is 0 Å². The largest absolute Gasteiger partial charge is 0.465 e. The Morgan fingerprint density at radius 2 is 1.75 bits per heavy atom. The van der Waals surface area contributed by atoms with Crippen LogP contribution in [-0.4, -0.2) is 95.3 Å². The van der Waals surface area contributed by atoms with Gasteiger partial charge in [-0.1, -0.05) is 12.1 Å². The second-order valence-electron chi connectivity index (χ2n) is 11.2. The molecule has 1 aromatic heterocycles. The molecule has 1 amide bonds. The summed E-state index contributed by atoms with van der Waals surface area (Å²) in [5.41, 5.74) is 2.68. The van der Waals surface area contributed by atoms with Crippen molar-refractivity contribution >= 4 is 22.7 Å². The maximum absolute atomic E-state index is 13.1. The van der Waals surface area contributed by atoms with Gasteiger partial charge in [0, 0.05) is 86.7 Å². The van der Waals surface area contributed by atoms with E-state index in [4.69, 9.17) is 0 Å². The summed E-state index contributed by atoms with van der Waals surface area (Å²) in [5.74, 6) is 0. The molecule has 0 aliphatic carbocycles. The number of carbonyl (C=O) groups is 1. The van der Waals surface area contributed by atoms with E-state index in [1.807, 2.05) is 24.3 Å². The standard InChI is InChI=1S/C30H38F3N5O2/c1-21(2)36-15-12-35(13-16-36)14-17-38(29(39)40)25-8-10-37(11-9-25)26-5-3-4-22(19-26)28-20-23-18-24(30(31,32)33)6-7-27(23)34-28/h3-7,18-21,25,34H,8-17H2,1-2H3,(H,39,40). The molecule has 0 spiro atoms. The van der Waals surface area contributed by atoms with Crippen molar-refractivity contribution in [2.45, 2.75) is 44.9 Å². The van der Waals surface area contributed by atoms with Crippen molar-refractivity contribution in [3.63, 3.8) is 0 Å². The number of carboxylic acid groups (broad SMARTS) is 1. The lowest BCUT2D eigenvalue weighted by molar-refractivity contribution is -0.137. The quantitative estimate of drug-likeness (QED) is 0.383. The lowest BCUT2D eigenvalue weighted by atomic mass is 10.0. The van der Waals surface area contributed by atoms with Gasteiger partial charge in [-0.25, -0.2) is 4.79 Å². The van der Waals surface area contributed by atoms with Gasteiger partial charge in [0.1, 0.15) is 0 Å². The summed E-state index contributed by atoms with van der Waals surface area (Å²) < 4.78 is 39.4. The Bertz CT molecular complexity index is 1310. The van der Waals surface area contributed by atoms with Crippen LogP contribution in [0.2, 0.25) is 0 Å². The number of nitrogens with zero attached hydrogens (tertiary/aromatic N) is 4. The smallest absolute Gasteiger partial charge is 0.416 e. The molecule has 0 unspecified atom stereocenters. The molecular weight excluding hydrogens is 519 g/mol. The highest BCUT2D eigenvalue weighted by Crippen LogP contribution is 2.34. The summed E-state index contributed by atoms with van der Waals surface area (Å²) in [7, 11) is 0. The summed E-state index contributed by atoms with van der Waals surface area (Å²) in [6, 6.07) is 14.0. The molecule has 3 aromatic rings. The summed E-state index contributed by atoms with van der Waals surface area (Å²) >= 11 is 0. The summed E-state index contributed by atoms with van der Waals surface area (Å²) in [4.78, 5) is 24.1. The number of piperidine rings is 1. The molecule has 2 saturated heterocycles. The van der Waals surface area contributed by atoms with E-state index < -0.39 is 17.8 Å². The number of anilines is 1. The first-order valence-corrected chi connectivity index (χ1v) is 14.1. The second-order valence-corrected chi connectivity index (χ2v) is 11.2. The Morgan fingerprint density at radius 3 is 2.40 bits per heavy atom. The number of benzene rings is 2. The van der Waals surface area contributed by atoms with Crippen LogP contribution in [0.1, 0.15) is 32.3 Å². The average molecular weight is 558 g/mol. The molecule has 0 bridgehead atoms. The predicted molar refractivity (Wildman–Crippen MR) is 152 cm³/mol. The maximum Gasteiger partial charge on any atom is 0.416 e. The highest BCUT2D eigenvalue weighted by atomic mass is 19.4. The molecule has 40 heavy (non-hydrogen) atoms. The fourth-order valence-electron chi connectivity index (χ4n) is 5.96. The zero-order chi connectivity index (χ0) is 28.4. The minimum atomic E-state index is -4.38. The third kappa shape index (κ3) is 6.39. The summed E-state index contributed by atoms with van der Waals surface area (Å²) in [6.07, 6.45) is -3.72. The molecule has 2 aliphatic heterocycles. The minimum Gasteiger partial charge on any atom is -0.465 e. The summed E-state index contributed by atoms with van der Waals surface area (Å²) in [5, 5.41) is 10.5. The first kappa shape index (κ1) is 28.3. The van der Waals surface area contributed by atoms with Gasteiger partial charge in [-0.15, -0.1) is 0 Å². The molecular formula is C30H38F3N5O2. The van der Waals surface area contributed by atoms with E-state index in [1.54, 1.807) is 11.0 Å². The molecule has 2 aromatic carbocycles. The van der Waals surface area contributed by atoms with Crippen molar-refractivity contribution < 1.29 is 23.1 Å². The van der Waals surface area contributed by atoms with Crippen LogP contribution in [0.25, 0.3) is 22.2 Å². The van der Waals surface area contributed by atoms with Crippen LogP contribution in [0, 0.1) is 0 Å². The number of aromatic nitrogens is 1. The topological polar surface area (TPSA) is 66.0 Å². The van der Waals surface area contributed by atoms with Crippen molar-refractivity contribution in [3.05, 3.63) is 54.1 Å². The van der Waals surface area contributed by atoms with Gasteiger partial charge in [-0.05, 0) is 68.7 Å². The van der Waals surface area contributed by atoms with Gasteiger partial charge in [0.25, 0.3) is 0 Å². The SMILES string of the molecule is CC(C)N1CCN(CCN(C(=O)O)C2CCN(c3cccc(-c4cc5cc(C(F)(F)F)ccc5[nH]4)c3)CC2)CC1. The average Bonchev–Trinajstić information content (AvgIpc) is 3.37. The number of halogens is 3. The first-order valence-electron chi connectivity index (χ1n) is 14.1. The molecule has 7 nitrogen and oxygen atoms in total. The fraction of sp³-hybridized carbons (Fsp3) is 0.500. The molecule has 3 heterocycles. The third-order valence-corrected chi connectivity index (χ3v) is 8.42. The van der Waals surface area contributed by atoms with Crippen molar-refractivity contribution in [3.8, 4) is 11.3 Å². The van der Waals surface area contributed by atoms with E-state index in [2.05, 4.69) is 33.5 Å². The van der Waals surface area contributed by atoms with E-state index in [0.717, 1.165) is 81.7 Å². The minimum absolute atomic E-state index is 0.00887. The highest BCUT2D eigenvalue weighted by Gasteiger charge is 2.31. The van der Waals surface area contributed by atoms with E-state index in [-0.39, 0.29) is 6.04 Å². The summed E-state index contributed by atoms with van der Waals surface area (Å²) in [6.45, 7) is 11.2. The molecule has 0 atom stereocenters. The van der Waals surface area contributed by atoms with Crippen molar-refractivity contribution in [2.24, 2.45) is 0 Å². The van der Waals surface area contributed by atoms with Crippen molar-refractivity contribution in [1.82, 2.24) is 19.7 Å². The van der Waals surface area contributed by atoms with E-state index in [1.165, 1.54) is 12.1 Å². The van der Waals surface area contributed by atoms with Crippen LogP contribution < -0.4 is 4.90 Å². The van der Waals surface area contributed by atoms with Gasteiger partial charge in [-0.2, -0.15) is 13.2 Å². The Morgan fingerprint density at radius 1 is 1.02 bits per heavy atom. The number of H-pyrrole nitrogens is 1. The third-order valence-electron chi connectivity index (χ3n) is 8.42. The number of rotatable bonds is 7. The van der Waals surface area contributed by atoms with Gasteiger partial charge < -0.3 is 19.9 Å². The number of nitrogens with one attached hydrogen (secondary N) is 1. The van der Waals surface area contributed by atoms with Crippen LogP contribution in [0.3, 0.4) is 0 Å². The number of piperazine rings is 1. The predicted octanol–water partition coefficient (Wildman–Crippen LogP) is 5.83. The molecule has 2 N–H and O–H groups in total. The number of amides is 1. The number of alkyl halides is 3. The number of hydrogen-bond acceptors (Lipinski definition) is 4. The highest BCUT2D eigenvalue weighted by molar-refractivity contribution is 5.87. The fourth-order valence-corrected chi connectivity index (χ4v) is 5.96. The Balaban J connectivity index is 1.19. The molecule has 0 saturated carbocycles. The Kier molecular flexibility index (Phi) is 8.28. The number of hydrogen-bond donors (Lipinski definition) is 2. The lowest BCUT2D eigenvalue weighted by Gasteiger charge is -2.40. The van der Waals surface area contributed by atoms with Crippen LogP contribution in [0.4, 0.5) is 23.7 Å². The van der Waals surface area contributed by atoms with E-state index in [9.17, 15) is 23.1 Å². The van der Waals surface area contributed by atoms with Gasteiger partial charge in [0.15, 0.2) is 0 Å². The molecule has 216 valence electrons. The van der Waals surface area contributed by atoms with E-state index in [0.29, 0.717) is 23.5 Å². The Hall–Kier alpha value is -3.24. The number of aromatic amines is 1. The molecule has 10 heteroatoms. The van der Waals surface area contributed by atoms with Crippen LogP contribution in [0.5, 0.6) is 0 Å². The van der Waals surface area contributed by atoms with Crippen LogP contribution >= 0.6 is 0 Å². The van der Waals surface area contributed by atoms with Crippen molar-refractivity contribution in [1.29, 1.82) is 0 Å². The first-order chi connectivity index (χ1) is 19.1. The molecule has 2 fully saturated rings. The van der Waals surface area contributed by atoms with Crippen LogP contribution in [-0.2, 0) is 6.18 Å². The van der Waals surface area contributed by atoms with Crippen LogP contribution in [0.15, 0.2) is 48.5 Å². The maximum atomic E-state index is 13.1. The van der Waals surface area contributed by atoms with E-state index >= 15 is 0 Å². The molecule has 5 rings (SSSR count). The van der Waals surface area contributed by atoms with Gasteiger partial charge in [-0.3, -0.25) is 9.80 Å². The zero-order valence-electron chi connectivity index (χ0n) is 23.1. The lowest BCUT2D eigenvalue weighted by Crippen LogP contribution is -2.53. The van der Waals surface area contributed by atoms with Crippen molar-refractivity contribution in [2.75, 3.05) is 57.3 Å². The normalized spacial score (nSPS) is 18.1. The molecule has 2 aliphatic rings. The van der Waals surface area contributed by atoms with Gasteiger partial charge >= 0.3 is 12.3 Å². The molecule has 0 radical (unpaired) electrons. The zero-order valence-corrected chi connectivity index (χ0v) is 23.1.